The Balaban J connectivity index is 2.09. The van der Waals surface area contributed by atoms with Crippen LogP contribution in [0.1, 0.15) is 47.0 Å². The summed E-state index contributed by atoms with van der Waals surface area (Å²) in [6.45, 7) is 2.84. The van der Waals surface area contributed by atoms with Gasteiger partial charge < -0.3 is 15.1 Å². The molecule has 6 heteroatoms. The second-order valence-corrected chi connectivity index (χ2v) is 5.38. The van der Waals surface area contributed by atoms with Gasteiger partial charge in [-0.05, 0) is 38.3 Å². The summed E-state index contributed by atoms with van der Waals surface area (Å²) in [5, 5.41) is 18.8. The van der Waals surface area contributed by atoms with E-state index < -0.39 is 11.6 Å². The Bertz CT molecular complexity index is 510. The molecule has 1 atom stereocenters. The minimum atomic E-state index is -1.07. The van der Waals surface area contributed by atoms with E-state index in [4.69, 9.17) is 5.11 Å². The average Bonchev–Trinajstić information content (AvgIpc) is 2.59. The number of carbonyl (C=O) groups is 2. The third-order valence-electron chi connectivity index (χ3n) is 3.58. The van der Waals surface area contributed by atoms with Crippen molar-refractivity contribution in [2.45, 2.75) is 31.8 Å². The Hall–Kier alpha value is -1.95. The summed E-state index contributed by atoms with van der Waals surface area (Å²) in [6, 6.07) is 2.80. The lowest BCUT2D eigenvalue weighted by molar-refractivity contribution is 0.0436. The van der Waals surface area contributed by atoms with Crippen LogP contribution in [-0.2, 0) is 0 Å². The maximum atomic E-state index is 12.3. The molecule has 1 fully saturated rings. The molecule has 6 nitrogen and oxygen atoms in total. The number of hydrogen-bond acceptors (Lipinski definition) is 4. The number of pyridine rings is 1. The molecular weight excluding hydrogens is 260 g/mol. The number of amides is 1. The van der Waals surface area contributed by atoms with Gasteiger partial charge in [-0.3, -0.25) is 9.78 Å². The van der Waals surface area contributed by atoms with Crippen molar-refractivity contribution in [2.75, 3.05) is 13.1 Å². The van der Waals surface area contributed by atoms with Gasteiger partial charge in [0.15, 0.2) is 0 Å². The van der Waals surface area contributed by atoms with Crippen molar-refractivity contribution in [3.8, 4) is 0 Å². The molecule has 2 heterocycles. The van der Waals surface area contributed by atoms with E-state index in [1.807, 2.05) is 0 Å². The Morgan fingerprint density at radius 3 is 2.65 bits per heavy atom. The zero-order valence-corrected chi connectivity index (χ0v) is 11.4. The molecule has 1 aromatic rings. The lowest BCUT2D eigenvalue weighted by Gasteiger charge is -2.22. The van der Waals surface area contributed by atoms with Gasteiger partial charge >= 0.3 is 5.97 Å². The Morgan fingerprint density at radius 2 is 2.05 bits per heavy atom. The van der Waals surface area contributed by atoms with Crippen LogP contribution in [0.25, 0.3) is 0 Å². The molecule has 2 rings (SSSR count). The summed E-state index contributed by atoms with van der Waals surface area (Å²) in [5.74, 6) is -1.29. The van der Waals surface area contributed by atoms with E-state index in [0.29, 0.717) is 25.9 Å². The van der Waals surface area contributed by atoms with Gasteiger partial charge in [-0.25, -0.2) is 4.79 Å². The summed E-state index contributed by atoms with van der Waals surface area (Å²) in [5.41, 5.74) is -0.438. The molecule has 0 radical (unpaired) electrons. The van der Waals surface area contributed by atoms with Crippen LogP contribution in [0.3, 0.4) is 0 Å². The number of aliphatic hydroxyl groups is 1. The largest absolute Gasteiger partial charge is 0.478 e. The van der Waals surface area contributed by atoms with Gasteiger partial charge in [0.05, 0.1) is 11.2 Å². The average molecular weight is 278 g/mol. The van der Waals surface area contributed by atoms with Gasteiger partial charge in [0.2, 0.25) is 0 Å². The molecule has 0 bridgehead atoms. The highest BCUT2D eigenvalue weighted by molar-refractivity contribution is 5.93. The number of nitrogens with zero attached hydrogens (tertiary/aromatic N) is 2. The number of aromatic carboxylic acids is 1. The lowest BCUT2D eigenvalue weighted by atomic mass is 9.98. The van der Waals surface area contributed by atoms with Gasteiger partial charge in [0, 0.05) is 19.3 Å². The number of carboxylic acid groups (broad SMARTS) is 1. The third kappa shape index (κ3) is 3.33. The Labute approximate surface area is 117 Å². The summed E-state index contributed by atoms with van der Waals surface area (Å²) >= 11 is 0. The maximum Gasteiger partial charge on any atom is 0.337 e. The molecule has 0 aliphatic carbocycles. The van der Waals surface area contributed by atoms with E-state index in [0.717, 1.165) is 6.42 Å². The van der Waals surface area contributed by atoms with Gasteiger partial charge in [-0.1, -0.05) is 0 Å². The molecule has 2 N–H and O–H groups in total. The molecule has 1 aliphatic heterocycles. The standard InChI is InChI=1S/C14H18N2O4/c1-14(20)5-2-7-16(8-6-14)12(17)11-4-3-10(9-15-11)13(18)19/h3-4,9,20H,2,5-8H2,1H3,(H,18,19). The predicted molar refractivity (Wildman–Crippen MR) is 71.6 cm³/mol. The van der Waals surface area contributed by atoms with Gasteiger partial charge in [0.1, 0.15) is 5.69 Å². The first-order chi connectivity index (χ1) is 9.39. The van der Waals surface area contributed by atoms with Crippen LogP contribution in [-0.4, -0.2) is 50.7 Å². The van der Waals surface area contributed by atoms with Crippen molar-refractivity contribution in [3.63, 3.8) is 0 Å². The third-order valence-corrected chi connectivity index (χ3v) is 3.58. The number of hydrogen-bond donors (Lipinski definition) is 2. The Kier molecular flexibility index (Phi) is 4.04. The molecule has 0 saturated carbocycles. The van der Waals surface area contributed by atoms with E-state index in [9.17, 15) is 14.7 Å². The van der Waals surface area contributed by atoms with Crippen molar-refractivity contribution < 1.29 is 19.8 Å². The number of carbonyl (C=O) groups excluding carboxylic acids is 1. The number of rotatable bonds is 2. The normalized spacial score (nSPS) is 23.2. The summed E-state index contributed by atoms with van der Waals surface area (Å²) in [4.78, 5) is 28.6. The second kappa shape index (κ2) is 5.58. The van der Waals surface area contributed by atoms with Crippen LogP contribution in [0.5, 0.6) is 0 Å². The Morgan fingerprint density at radius 1 is 1.30 bits per heavy atom. The van der Waals surface area contributed by atoms with Crippen molar-refractivity contribution in [1.82, 2.24) is 9.88 Å². The number of likely N-dealkylation sites (tertiary alicyclic amines) is 1. The van der Waals surface area contributed by atoms with Crippen LogP contribution in [0.4, 0.5) is 0 Å². The first-order valence-electron chi connectivity index (χ1n) is 6.60. The monoisotopic (exact) mass is 278 g/mol. The fourth-order valence-corrected chi connectivity index (χ4v) is 2.28. The highest BCUT2D eigenvalue weighted by atomic mass is 16.4. The van der Waals surface area contributed by atoms with Crippen LogP contribution < -0.4 is 0 Å². The molecular formula is C14H18N2O4. The lowest BCUT2D eigenvalue weighted by Crippen LogP contribution is -2.34. The van der Waals surface area contributed by atoms with E-state index >= 15 is 0 Å². The number of carboxylic acids is 1. The van der Waals surface area contributed by atoms with Crippen molar-refractivity contribution in [1.29, 1.82) is 0 Å². The molecule has 1 amide bonds. The van der Waals surface area contributed by atoms with Crippen LogP contribution in [0.2, 0.25) is 0 Å². The second-order valence-electron chi connectivity index (χ2n) is 5.38. The SMILES string of the molecule is CC1(O)CCCN(C(=O)c2ccc(C(=O)O)cn2)CC1. The minimum absolute atomic E-state index is 0.0559. The van der Waals surface area contributed by atoms with Crippen LogP contribution >= 0.6 is 0 Å². The van der Waals surface area contributed by atoms with Crippen molar-refractivity contribution >= 4 is 11.9 Å². The zero-order valence-electron chi connectivity index (χ0n) is 11.4. The van der Waals surface area contributed by atoms with Crippen LogP contribution in [0.15, 0.2) is 18.3 Å². The first-order valence-corrected chi connectivity index (χ1v) is 6.60. The molecule has 1 saturated heterocycles. The van der Waals surface area contributed by atoms with Crippen molar-refractivity contribution in [2.24, 2.45) is 0 Å². The van der Waals surface area contributed by atoms with Gasteiger partial charge in [-0.15, -0.1) is 0 Å². The van der Waals surface area contributed by atoms with E-state index in [1.165, 1.54) is 18.3 Å². The zero-order chi connectivity index (χ0) is 14.8. The van der Waals surface area contributed by atoms with E-state index in [1.54, 1.807) is 11.8 Å². The minimum Gasteiger partial charge on any atom is -0.478 e. The molecule has 0 spiro atoms. The quantitative estimate of drug-likeness (QED) is 0.847. The van der Waals surface area contributed by atoms with E-state index in [-0.39, 0.29) is 17.2 Å². The maximum absolute atomic E-state index is 12.3. The topological polar surface area (TPSA) is 90.7 Å². The molecule has 1 aromatic heterocycles. The van der Waals surface area contributed by atoms with Crippen molar-refractivity contribution in [3.05, 3.63) is 29.6 Å². The molecule has 1 aliphatic rings. The van der Waals surface area contributed by atoms with Gasteiger partial charge in [0.25, 0.3) is 5.91 Å². The van der Waals surface area contributed by atoms with Gasteiger partial charge in [-0.2, -0.15) is 0 Å². The molecule has 20 heavy (non-hydrogen) atoms. The fourth-order valence-electron chi connectivity index (χ4n) is 2.28. The summed E-state index contributed by atoms with van der Waals surface area (Å²) in [6.07, 6.45) is 3.13. The highest BCUT2D eigenvalue weighted by Crippen LogP contribution is 2.22. The number of aromatic nitrogens is 1. The highest BCUT2D eigenvalue weighted by Gasteiger charge is 2.27. The smallest absolute Gasteiger partial charge is 0.337 e. The fraction of sp³-hybridized carbons (Fsp3) is 0.500. The summed E-state index contributed by atoms with van der Waals surface area (Å²) < 4.78 is 0. The van der Waals surface area contributed by atoms with E-state index in [2.05, 4.69) is 4.98 Å². The van der Waals surface area contributed by atoms with Crippen LogP contribution in [0, 0.1) is 0 Å². The molecule has 108 valence electrons. The predicted octanol–water partition coefficient (Wildman–Crippen LogP) is 1.16. The first kappa shape index (κ1) is 14.5. The summed E-state index contributed by atoms with van der Waals surface area (Å²) in [7, 11) is 0. The molecule has 0 aromatic carbocycles. The molecule has 1 unspecified atom stereocenters.